The highest BCUT2D eigenvalue weighted by Crippen LogP contribution is 2.26. The van der Waals surface area contributed by atoms with Crippen molar-refractivity contribution in [3.05, 3.63) is 47.0 Å². The SMILES string of the molecule is Cc1nc(NC(=O)[C@@H](C)Sc2ccc3ccccc3n2)sc1C. The highest BCUT2D eigenvalue weighted by Gasteiger charge is 2.17. The molecule has 0 aliphatic rings. The second kappa shape index (κ2) is 6.68. The van der Waals surface area contributed by atoms with Crippen molar-refractivity contribution >= 4 is 45.0 Å². The van der Waals surface area contributed by atoms with Gasteiger partial charge < -0.3 is 5.32 Å². The predicted octanol–water partition coefficient (Wildman–Crippen LogP) is 4.43. The Morgan fingerprint density at radius 3 is 2.70 bits per heavy atom. The molecule has 3 rings (SSSR count). The Labute approximate surface area is 143 Å². The van der Waals surface area contributed by atoms with Crippen molar-refractivity contribution in [2.45, 2.75) is 31.0 Å². The summed E-state index contributed by atoms with van der Waals surface area (Å²) < 4.78 is 0. The molecule has 0 radical (unpaired) electrons. The maximum absolute atomic E-state index is 12.3. The molecular weight excluding hydrogens is 326 g/mol. The maximum atomic E-state index is 12.3. The summed E-state index contributed by atoms with van der Waals surface area (Å²) in [5.74, 6) is -0.0568. The van der Waals surface area contributed by atoms with E-state index in [2.05, 4.69) is 15.3 Å². The zero-order valence-corrected chi connectivity index (χ0v) is 14.8. The number of hydrogen-bond donors (Lipinski definition) is 1. The van der Waals surface area contributed by atoms with Gasteiger partial charge in [0.1, 0.15) is 0 Å². The number of pyridine rings is 1. The lowest BCUT2D eigenvalue weighted by atomic mass is 10.2. The van der Waals surface area contributed by atoms with Gasteiger partial charge in [-0.2, -0.15) is 0 Å². The first-order valence-corrected chi connectivity index (χ1v) is 9.00. The summed E-state index contributed by atoms with van der Waals surface area (Å²) in [5.41, 5.74) is 1.90. The lowest BCUT2D eigenvalue weighted by Gasteiger charge is -2.10. The molecule has 0 fully saturated rings. The number of benzene rings is 1. The molecule has 2 heterocycles. The van der Waals surface area contributed by atoms with Gasteiger partial charge in [0.25, 0.3) is 0 Å². The summed E-state index contributed by atoms with van der Waals surface area (Å²) in [5, 5.41) is 5.24. The van der Waals surface area contributed by atoms with Crippen LogP contribution in [0, 0.1) is 13.8 Å². The quantitative estimate of drug-likeness (QED) is 0.712. The topological polar surface area (TPSA) is 54.9 Å². The van der Waals surface area contributed by atoms with Gasteiger partial charge in [-0.25, -0.2) is 9.97 Å². The van der Waals surface area contributed by atoms with Crippen LogP contribution in [0.25, 0.3) is 10.9 Å². The van der Waals surface area contributed by atoms with Crippen molar-refractivity contribution in [2.24, 2.45) is 0 Å². The van der Waals surface area contributed by atoms with E-state index in [1.165, 1.54) is 23.1 Å². The van der Waals surface area contributed by atoms with Crippen LogP contribution >= 0.6 is 23.1 Å². The van der Waals surface area contributed by atoms with E-state index in [0.717, 1.165) is 26.5 Å². The van der Waals surface area contributed by atoms with Crippen molar-refractivity contribution in [1.29, 1.82) is 0 Å². The molecule has 3 aromatic rings. The fraction of sp³-hybridized carbons (Fsp3) is 0.235. The molecule has 0 spiro atoms. The van der Waals surface area contributed by atoms with E-state index >= 15 is 0 Å². The third-order valence-corrected chi connectivity index (χ3v) is 5.52. The highest BCUT2D eigenvalue weighted by atomic mass is 32.2. The number of aryl methyl sites for hydroxylation is 2. The van der Waals surface area contributed by atoms with Gasteiger partial charge in [-0.3, -0.25) is 4.79 Å². The standard InChI is InChI=1S/C17H17N3OS2/c1-10-11(2)23-17(18-10)20-16(21)12(3)22-15-9-8-13-6-4-5-7-14(13)19-15/h4-9,12H,1-3H3,(H,18,20,21)/t12-/m1/s1. The molecule has 23 heavy (non-hydrogen) atoms. The van der Waals surface area contributed by atoms with Crippen LogP contribution in [0.1, 0.15) is 17.5 Å². The van der Waals surface area contributed by atoms with E-state index in [1.54, 1.807) is 0 Å². The van der Waals surface area contributed by atoms with Crippen molar-refractivity contribution in [3.8, 4) is 0 Å². The van der Waals surface area contributed by atoms with Crippen molar-refractivity contribution in [2.75, 3.05) is 5.32 Å². The largest absolute Gasteiger partial charge is 0.301 e. The van der Waals surface area contributed by atoms with Gasteiger partial charge in [-0.05, 0) is 32.9 Å². The monoisotopic (exact) mass is 343 g/mol. The predicted molar refractivity (Wildman–Crippen MR) is 97.3 cm³/mol. The van der Waals surface area contributed by atoms with Gasteiger partial charge in [0.2, 0.25) is 5.91 Å². The Kier molecular flexibility index (Phi) is 4.63. The summed E-state index contributed by atoms with van der Waals surface area (Å²) in [6, 6.07) is 11.9. The number of fused-ring (bicyclic) bond motifs is 1. The van der Waals surface area contributed by atoms with E-state index in [-0.39, 0.29) is 11.2 Å². The lowest BCUT2D eigenvalue weighted by Crippen LogP contribution is -2.22. The van der Waals surface area contributed by atoms with Gasteiger partial charge in [0.15, 0.2) is 5.13 Å². The van der Waals surface area contributed by atoms with Crippen LogP contribution in [0.5, 0.6) is 0 Å². The number of carbonyl (C=O) groups is 1. The summed E-state index contributed by atoms with van der Waals surface area (Å²) in [7, 11) is 0. The number of nitrogens with one attached hydrogen (secondary N) is 1. The molecule has 4 nitrogen and oxygen atoms in total. The van der Waals surface area contributed by atoms with Gasteiger partial charge in [0, 0.05) is 10.3 Å². The van der Waals surface area contributed by atoms with Crippen LogP contribution < -0.4 is 5.32 Å². The summed E-state index contributed by atoms with van der Waals surface area (Å²) in [6.45, 7) is 5.82. The second-order valence-electron chi connectivity index (χ2n) is 5.25. The third kappa shape index (κ3) is 3.71. The average Bonchev–Trinajstić information content (AvgIpc) is 2.85. The lowest BCUT2D eigenvalue weighted by molar-refractivity contribution is -0.115. The maximum Gasteiger partial charge on any atom is 0.239 e. The number of thioether (sulfide) groups is 1. The number of aromatic nitrogens is 2. The van der Waals surface area contributed by atoms with Gasteiger partial charge in [-0.15, -0.1) is 11.3 Å². The molecule has 118 valence electrons. The Hall–Kier alpha value is -1.92. The Morgan fingerprint density at radius 2 is 1.96 bits per heavy atom. The van der Waals surface area contributed by atoms with E-state index < -0.39 is 0 Å². The van der Waals surface area contributed by atoms with Crippen molar-refractivity contribution in [3.63, 3.8) is 0 Å². The first kappa shape index (κ1) is 16.0. The molecular formula is C17H17N3OS2. The van der Waals surface area contributed by atoms with E-state index in [9.17, 15) is 4.79 Å². The molecule has 0 saturated carbocycles. The summed E-state index contributed by atoms with van der Waals surface area (Å²) >= 11 is 2.95. The number of rotatable bonds is 4. The van der Waals surface area contributed by atoms with Crippen LogP contribution in [0.4, 0.5) is 5.13 Å². The molecule has 0 unspecified atom stereocenters. The molecule has 0 bridgehead atoms. The van der Waals surface area contributed by atoms with Gasteiger partial charge in [-0.1, -0.05) is 36.0 Å². The Balaban J connectivity index is 1.69. The van der Waals surface area contributed by atoms with Gasteiger partial charge in [0.05, 0.1) is 21.5 Å². The smallest absolute Gasteiger partial charge is 0.239 e. The third-order valence-electron chi connectivity index (χ3n) is 3.50. The zero-order valence-electron chi connectivity index (χ0n) is 13.2. The molecule has 1 amide bonds. The summed E-state index contributed by atoms with van der Waals surface area (Å²) in [4.78, 5) is 22.4. The number of hydrogen-bond acceptors (Lipinski definition) is 5. The molecule has 0 aliphatic carbocycles. The molecule has 2 aromatic heterocycles. The van der Waals surface area contributed by atoms with Crippen molar-refractivity contribution in [1.82, 2.24) is 9.97 Å². The molecule has 6 heteroatoms. The van der Waals surface area contributed by atoms with E-state index in [1.807, 2.05) is 57.2 Å². The molecule has 0 aliphatic heterocycles. The van der Waals surface area contributed by atoms with Gasteiger partial charge >= 0.3 is 0 Å². The molecule has 1 atom stereocenters. The first-order chi connectivity index (χ1) is 11.0. The minimum absolute atomic E-state index is 0.0568. The normalized spacial score (nSPS) is 12.3. The minimum atomic E-state index is -0.242. The van der Waals surface area contributed by atoms with Crippen LogP contribution in [0.3, 0.4) is 0 Å². The van der Waals surface area contributed by atoms with Crippen LogP contribution in [-0.2, 0) is 4.79 Å². The van der Waals surface area contributed by atoms with E-state index in [0.29, 0.717) is 5.13 Å². The van der Waals surface area contributed by atoms with E-state index in [4.69, 9.17) is 0 Å². The fourth-order valence-electron chi connectivity index (χ4n) is 2.08. The highest BCUT2D eigenvalue weighted by molar-refractivity contribution is 8.00. The molecule has 1 aromatic carbocycles. The zero-order chi connectivity index (χ0) is 16.4. The number of anilines is 1. The van der Waals surface area contributed by atoms with Crippen LogP contribution in [-0.4, -0.2) is 21.1 Å². The number of thiazole rings is 1. The number of carbonyl (C=O) groups excluding carboxylic acids is 1. The second-order valence-corrected chi connectivity index (χ2v) is 7.82. The van der Waals surface area contributed by atoms with Crippen LogP contribution in [0.2, 0.25) is 0 Å². The minimum Gasteiger partial charge on any atom is -0.301 e. The first-order valence-electron chi connectivity index (χ1n) is 7.30. The Morgan fingerprint density at radius 1 is 1.17 bits per heavy atom. The fourth-order valence-corrected chi connectivity index (χ4v) is 3.72. The molecule has 0 saturated heterocycles. The number of amides is 1. The summed E-state index contributed by atoms with van der Waals surface area (Å²) in [6.07, 6.45) is 0. The number of para-hydroxylation sites is 1. The number of nitrogens with zero attached hydrogens (tertiary/aromatic N) is 2. The van der Waals surface area contributed by atoms with Crippen molar-refractivity contribution < 1.29 is 4.79 Å². The van der Waals surface area contributed by atoms with Crippen LogP contribution in [0.15, 0.2) is 41.4 Å². The average molecular weight is 343 g/mol. The Bertz CT molecular complexity index is 840. The molecule has 1 N–H and O–H groups in total.